The average Bonchev–Trinajstić information content (AvgIpc) is 2.59. The van der Waals surface area contributed by atoms with Crippen molar-refractivity contribution >= 4 is 17.1 Å². The molecular formula is C21H17N. The lowest BCUT2D eigenvalue weighted by atomic mass is 9.99. The third-order valence-electron chi connectivity index (χ3n) is 3.46. The maximum absolute atomic E-state index is 4.51. The first kappa shape index (κ1) is 14.1. The van der Waals surface area contributed by atoms with Gasteiger partial charge in [0.2, 0.25) is 0 Å². The molecule has 0 aliphatic carbocycles. The zero-order valence-corrected chi connectivity index (χ0v) is 12.5. The van der Waals surface area contributed by atoms with E-state index in [4.69, 9.17) is 0 Å². The summed E-state index contributed by atoms with van der Waals surface area (Å²) in [4.78, 5) is 4.51. The predicted octanol–water partition coefficient (Wildman–Crippen LogP) is 5.43. The van der Waals surface area contributed by atoms with Gasteiger partial charge in [-0.3, -0.25) is 0 Å². The van der Waals surface area contributed by atoms with Gasteiger partial charge < -0.3 is 0 Å². The van der Waals surface area contributed by atoms with Gasteiger partial charge in [0.25, 0.3) is 0 Å². The number of benzene rings is 3. The molecule has 106 valence electrons. The fraction of sp³-hybridized carbons (Fsp3) is 0.0476. The highest BCUT2D eigenvalue weighted by atomic mass is 14.7. The molecule has 0 heterocycles. The van der Waals surface area contributed by atoms with Gasteiger partial charge in [-0.15, -0.1) is 0 Å². The summed E-state index contributed by atoms with van der Waals surface area (Å²) >= 11 is 0. The van der Waals surface area contributed by atoms with E-state index in [2.05, 4.69) is 54.2 Å². The number of aryl methyl sites for hydroxylation is 1. The lowest BCUT2D eigenvalue weighted by molar-refractivity contribution is 1.44. The second-order valence-electron chi connectivity index (χ2n) is 5.17. The van der Waals surface area contributed by atoms with Crippen LogP contribution in [-0.2, 0) is 0 Å². The van der Waals surface area contributed by atoms with E-state index in [1.165, 1.54) is 5.56 Å². The SMILES string of the molecule is Cc1ccc(N=C=C(c2ccccc2)c2ccccc2)cc1. The maximum Gasteiger partial charge on any atom is 0.0730 e. The van der Waals surface area contributed by atoms with Crippen molar-refractivity contribution in [1.82, 2.24) is 0 Å². The van der Waals surface area contributed by atoms with Crippen molar-refractivity contribution in [1.29, 1.82) is 0 Å². The molecule has 1 heteroatoms. The zero-order chi connectivity index (χ0) is 15.2. The highest BCUT2D eigenvalue weighted by Gasteiger charge is 2.03. The molecule has 0 fully saturated rings. The van der Waals surface area contributed by atoms with Crippen molar-refractivity contribution in [3.63, 3.8) is 0 Å². The van der Waals surface area contributed by atoms with Crippen LogP contribution in [0.4, 0.5) is 5.69 Å². The minimum atomic E-state index is 0.912. The molecule has 0 N–H and O–H groups in total. The summed E-state index contributed by atoms with van der Waals surface area (Å²) in [6.07, 6.45) is 0. The molecule has 0 bridgehead atoms. The number of aliphatic imine (C=N–C) groups is 1. The molecule has 3 rings (SSSR count). The Morgan fingerprint density at radius 2 is 1.18 bits per heavy atom. The normalized spacial score (nSPS) is 9.86. The van der Waals surface area contributed by atoms with Crippen molar-refractivity contribution in [3.8, 4) is 0 Å². The Morgan fingerprint density at radius 1 is 0.682 bits per heavy atom. The van der Waals surface area contributed by atoms with Crippen LogP contribution in [0.1, 0.15) is 16.7 Å². The van der Waals surface area contributed by atoms with Crippen LogP contribution in [0.2, 0.25) is 0 Å². The van der Waals surface area contributed by atoms with Crippen LogP contribution in [0.25, 0.3) is 5.57 Å². The number of nitrogens with zero attached hydrogens (tertiary/aromatic N) is 1. The van der Waals surface area contributed by atoms with Gasteiger partial charge in [0.1, 0.15) is 0 Å². The van der Waals surface area contributed by atoms with E-state index in [1.807, 2.05) is 48.5 Å². The van der Waals surface area contributed by atoms with Gasteiger partial charge >= 0.3 is 0 Å². The molecule has 0 aromatic heterocycles. The number of rotatable bonds is 3. The molecule has 0 unspecified atom stereocenters. The summed E-state index contributed by atoms with van der Waals surface area (Å²) in [5.41, 5.74) is 5.38. The number of hydrogen-bond acceptors (Lipinski definition) is 1. The van der Waals surface area contributed by atoms with Crippen molar-refractivity contribution in [2.45, 2.75) is 6.92 Å². The van der Waals surface area contributed by atoms with E-state index in [-0.39, 0.29) is 0 Å². The van der Waals surface area contributed by atoms with E-state index in [0.29, 0.717) is 0 Å². The average molecular weight is 283 g/mol. The second-order valence-corrected chi connectivity index (χ2v) is 5.17. The van der Waals surface area contributed by atoms with Gasteiger partial charge in [-0.05, 0) is 36.1 Å². The lowest BCUT2D eigenvalue weighted by Crippen LogP contribution is -1.88. The van der Waals surface area contributed by atoms with E-state index < -0.39 is 0 Å². The molecule has 0 spiro atoms. The Hall–Kier alpha value is -2.89. The molecule has 0 saturated heterocycles. The molecule has 3 aromatic carbocycles. The molecule has 3 aromatic rings. The first-order valence-electron chi connectivity index (χ1n) is 7.34. The molecule has 0 aliphatic heterocycles. The first-order chi connectivity index (χ1) is 10.8. The van der Waals surface area contributed by atoms with Gasteiger partial charge in [0.05, 0.1) is 11.3 Å². The number of hydrogen-bond donors (Lipinski definition) is 0. The summed E-state index contributed by atoms with van der Waals surface area (Å²) < 4.78 is 0. The van der Waals surface area contributed by atoms with E-state index in [1.54, 1.807) is 0 Å². The molecule has 0 saturated carbocycles. The summed E-state index contributed by atoms with van der Waals surface area (Å²) in [6.45, 7) is 2.07. The molecule has 22 heavy (non-hydrogen) atoms. The van der Waals surface area contributed by atoms with Gasteiger partial charge in [0.15, 0.2) is 0 Å². The standard InChI is InChI=1S/C21H17N/c1-17-12-14-20(15-13-17)22-16-21(18-8-4-2-5-9-18)19-10-6-3-7-11-19/h2-15H,1H3. The van der Waals surface area contributed by atoms with Crippen LogP contribution >= 0.6 is 0 Å². The summed E-state index contributed by atoms with van der Waals surface area (Å²) in [7, 11) is 0. The minimum Gasteiger partial charge on any atom is -0.206 e. The highest BCUT2D eigenvalue weighted by molar-refractivity contribution is 5.99. The third-order valence-corrected chi connectivity index (χ3v) is 3.46. The zero-order valence-electron chi connectivity index (χ0n) is 12.5. The second kappa shape index (κ2) is 6.71. The summed E-state index contributed by atoms with van der Waals surface area (Å²) in [5.74, 6) is 3.23. The quantitative estimate of drug-likeness (QED) is 0.568. The molecule has 0 radical (unpaired) electrons. The predicted molar refractivity (Wildman–Crippen MR) is 93.7 cm³/mol. The van der Waals surface area contributed by atoms with E-state index in [9.17, 15) is 0 Å². The van der Waals surface area contributed by atoms with Crippen molar-refractivity contribution in [2.24, 2.45) is 4.99 Å². The van der Waals surface area contributed by atoms with Crippen LogP contribution in [0.5, 0.6) is 0 Å². The van der Waals surface area contributed by atoms with Crippen LogP contribution in [0.15, 0.2) is 89.9 Å². The van der Waals surface area contributed by atoms with Crippen LogP contribution in [0.3, 0.4) is 0 Å². The van der Waals surface area contributed by atoms with Crippen LogP contribution in [-0.4, -0.2) is 5.87 Å². The Bertz CT molecular complexity index is 752. The Labute approximate surface area is 131 Å². The van der Waals surface area contributed by atoms with E-state index >= 15 is 0 Å². The smallest absolute Gasteiger partial charge is 0.0730 e. The van der Waals surface area contributed by atoms with Gasteiger partial charge in [-0.25, -0.2) is 4.99 Å². The topological polar surface area (TPSA) is 12.4 Å². The molecule has 1 nitrogen and oxygen atoms in total. The fourth-order valence-electron chi connectivity index (χ4n) is 2.25. The molecule has 0 aliphatic rings. The van der Waals surface area contributed by atoms with Gasteiger partial charge in [-0.1, -0.05) is 78.4 Å². The van der Waals surface area contributed by atoms with Crippen LogP contribution in [0, 0.1) is 6.92 Å². The molecule has 0 atom stereocenters. The van der Waals surface area contributed by atoms with E-state index in [0.717, 1.165) is 22.4 Å². The van der Waals surface area contributed by atoms with Gasteiger partial charge in [-0.2, -0.15) is 0 Å². The molecular weight excluding hydrogens is 266 g/mol. The molecule has 0 amide bonds. The summed E-state index contributed by atoms with van der Waals surface area (Å²) in [6, 6.07) is 28.6. The lowest BCUT2D eigenvalue weighted by Gasteiger charge is -2.04. The van der Waals surface area contributed by atoms with Crippen molar-refractivity contribution in [3.05, 3.63) is 102 Å². The highest BCUT2D eigenvalue weighted by Crippen LogP contribution is 2.21. The minimum absolute atomic E-state index is 0.912. The largest absolute Gasteiger partial charge is 0.206 e. The monoisotopic (exact) mass is 283 g/mol. The Kier molecular flexibility index (Phi) is 4.29. The van der Waals surface area contributed by atoms with Crippen LogP contribution < -0.4 is 0 Å². The third kappa shape index (κ3) is 3.41. The van der Waals surface area contributed by atoms with Crippen molar-refractivity contribution in [2.75, 3.05) is 0 Å². The Morgan fingerprint density at radius 3 is 1.68 bits per heavy atom. The van der Waals surface area contributed by atoms with Gasteiger partial charge in [0, 0.05) is 0 Å². The summed E-state index contributed by atoms with van der Waals surface area (Å²) in [5, 5.41) is 0. The maximum atomic E-state index is 4.51. The Balaban J connectivity index is 2.09. The first-order valence-corrected chi connectivity index (χ1v) is 7.34. The fourth-order valence-corrected chi connectivity index (χ4v) is 2.25. The van der Waals surface area contributed by atoms with Crippen molar-refractivity contribution < 1.29 is 0 Å².